The summed E-state index contributed by atoms with van der Waals surface area (Å²) in [4.78, 5) is 25.9. The third-order valence-corrected chi connectivity index (χ3v) is 4.92. The van der Waals surface area contributed by atoms with E-state index in [-0.39, 0.29) is 29.2 Å². The van der Waals surface area contributed by atoms with Crippen molar-refractivity contribution in [1.29, 1.82) is 0 Å². The van der Waals surface area contributed by atoms with Crippen LogP contribution in [0.15, 0.2) is 0 Å². The van der Waals surface area contributed by atoms with E-state index in [2.05, 4.69) is 6.92 Å². The number of hydrogen-bond acceptors (Lipinski definition) is 3. The molecule has 0 aromatic rings. The normalized spacial score (nSPS) is 45.1. The van der Waals surface area contributed by atoms with Gasteiger partial charge in [0.2, 0.25) is 11.8 Å². The minimum Gasteiger partial charge on any atom is -0.328 e. The Balaban J connectivity index is 1.86. The van der Waals surface area contributed by atoms with Gasteiger partial charge in [0, 0.05) is 6.54 Å². The molecule has 3 aliphatic rings. The predicted molar refractivity (Wildman–Crippen MR) is 62.9 cm³/mol. The molecule has 2 amide bonds. The largest absolute Gasteiger partial charge is 0.328 e. The van der Waals surface area contributed by atoms with Crippen molar-refractivity contribution in [3.8, 4) is 0 Å². The third-order valence-electron chi connectivity index (χ3n) is 4.92. The fourth-order valence-corrected chi connectivity index (χ4v) is 3.47. The molecule has 2 unspecified atom stereocenters. The second kappa shape index (κ2) is 3.55. The van der Waals surface area contributed by atoms with Crippen molar-refractivity contribution in [2.24, 2.45) is 23.5 Å². The summed E-state index contributed by atoms with van der Waals surface area (Å²) in [6.07, 6.45) is 4.71. The summed E-state index contributed by atoms with van der Waals surface area (Å²) < 4.78 is 0. The van der Waals surface area contributed by atoms with Crippen LogP contribution in [0.3, 0.4) is 0 Å². The van der Waals surface area contributed by atoms with Crippen LogP contribution in [0.4, 0.5) is 0 Å². The SMILES string of the molecule is CC1CCC(CN)(N2C(=O)C3CC3C2=O)CC1. The van der Waals surface area contributed by atoms with Gasteiger partial charge in [-0.3, -0.25) is 14.5 Å². The number of nitrogens with zero attached hydrogens (tertiary/aromatic N) is 1. The lowest BCUT2D eigenvalue weighted by Crippen LogP contribution is -2.58. The van der Waals surface area contributed by atoms with E-state index in [0.29, 0.717) is 12.5 Å². The standard InChI is InChI=1S/C13H20N2O2/c1-8-2-4-13(7-14,5-3-8)15-11(16)9-6-10(9)12(15)17/h8-10H,2-7,14H2,1H3. The lowest BCUT2D eigenvalue weighted by molar-refractivity contribution is -0.150. The lowest BCUT2D eigenvalue weighted by Gasteiger charge is -2.44. The maximum Gasteiger partial charge on any atom is 0.233 e. The van der Waals surface area contributed by atoms with Crippen LogP contribution >= 0.6 is 0 Å². The molecule has 0 aromatic carbocycles. The molecule has 3 rings (SSSR count). The molecule has 3 fully saturated rings. The quantitative estimate of drug-likeness (QED) is 0.724. The van der Waals surface area contributed by atoms with Gasteiger partial charge in [0.15, 0.2) is 0 Å². The van der Waals surface area contributed by atoms with Gasteiger partial charge in [0.1, 0.15) is 0 Å². The predicted octanol–water partition coefficient (Wildman–Crippen LogP) is 0.899. The van der Waals surface area contributed by atoms with E-state index in [1.807, 2.05) is 0 Å². The van der Waals surface area contributed by atoms with Gasteiger partial charge in [0.25, 0.3) is 0 Å². The zero-order valence-corrected chi connectivity index (χ0v) is 10.3. The van der Waals surface area contributed by atoms with Crippen molar-refractivity contribution in [3.63, 3.8) is 0 Å². The number of piperidine rings is 1. The Morgan fingerprint density at radius 2 is 1.76 bits per heavy atom. The molecule has 2 N–H and O–H groups in total. The molecule has 94 valence electrons. The molecule has 2 atom stereocenters. The molecule has 17 heavy (non-hydrogen) atoms. The number of carbonyl (C=O) groups excluding carboxylic acids is 2. The van der Waals surface area contributed by atoms with E-state index in [9.17, 15) is 9.59 Å². The Hall–Kier alpha value is -0.900. The van der Waals surface area contributed by atoms with E-state index < -0.39 is 0 Å². The van der Waals surface area contributed by atoms with Crippen molar-refractivity contribution >= 4 is 11.8 Å². The highest BCUT2D eigenvalue weighted by atomic mass is 16.2. The van der Waals surface area contributed by atoms with Gasteiger partial charge in [-0.2, -0.15) is 0 Å². The number of amides is 2. The van der Waals surface area contributed by atoms with Gasteiger partial charge >= 0.3 is 0 Å². The van der Waals surface area contributed by atoms with Crippen LogP contribution in [0, 0.1) is 17.8 Å². The summed E-state index contributed by atoms with van der Waals surface area (Å²) in [5.41, 5.74) is 5.55. The average Bonchev–Trinajstić information content (AvgIpc) is 3.07. The Kier molecular flexibility index (Phi) is 2.34. The van der Waals surface area contributed by atoms with Crippen molar-refractivity contribution in [3.05, 3.63) is 0 Å². The average molecular weight is 236 g/mol. The Labute approximate surface area is 102 Å². The van der Waals surface area contributed by atoms with Gasteiger partial charge < -0.3 is 5.73 Å². The molecule has 4 nitrogen and oxygen atoms in total. The number of hydrogen-bond donors (Lipinski definition) is 1. The minimum absolute atomic E-state index is 0.00488. The summed E-state index contributed by atoms with van der Waals surface area (Å²) in [6, 6.07) is 0. The first-order chi connectivity index (χ1) is 8.09. The molecule has 0 bridgehead atoms. The number of likely N-dealkylation sites (tertiary alicyclic amines) is 1. The first-order valence-corrected chi connectivity index (χ1v) is 6.67. The molecule has 4 heteroatoms. The number of carbonyl (C=O) groups is 2. The first-order valence-electron chi connectivity index (χ1n) is 6.67. The fourth-order valence-electron chi connectivity index (χ4n) is 3.47. The van der Waals surface area contributed by atoms with Crippen LogP contribution in [0.1, 0.15) is 39.0 Å². The smallest absolute Gasteiger partial charge is 0.233 e. The molecular formula is C13H20N2O2. The van der Waals surface area contributed by atoms with Crippen LogP contribution in [0.5, 0.6) is 0 Å². The fraction of sp³-hybridized carbons (Fsp3) is 0.846. The summed E-state index contributed by atoms with van der Waals surface area (Å²) >= 11 is 0. The first kappa shape index (κ1) is 11.2. The third kappa shape index (κ3) is 1.46. The van der Waals surface area contributed by atoms with Gasteiger partial charge in [0.05, 0.1) is 17.4 Å². The Morgan fingerprint density at radius 3 is 2.24 bits per heavy atom. The van der Waals surface area contributed by atoms with E-state index in [0.717, 1.165) is 32.1 Å². The zero-order chi connectivity index (χ0) is 12.2. The molecule has 0 radical (unpaired) electrons. The second-order valence-electron chi connectivity index (χ2n) is 6.07. The Bertz CT molecular complexity index is 352. The second-order valence-corrected chi connectivity index (χ2v) is 6.07. The van der Waals surface area contributed by atoms with Gasteiger partial charge in [-0.25, -0.2) is 0 Å². The number of rotatable bonds is 2. The van der Waals surface area contributed by atoms with Gasteiger partial charge in [-0.15, -0.1) is 0 Å². The van der Waals surface area contributed by atoms with Crippen LogP contribution in [-0.4, -0.2) is 28.8 Å². The summed E-state index contributed by atoms with van der Waals surface area (Å²) in [7, 11) is 0. The van der Waals surface area contributed by atoms with Crippen molar-refractivity contribution < 1.29 is 9.59 Å². The lowest BCUT2D eigenvalue weighted by atomic mass is 9.76. The van der Waals surface area contributed by atoms with E-state index in [1.165, 1.54) is 0 Å². The maximum absolute atomic E-state index is 12.2. The van der Waals surface area contributed by atoms with Crippen LogP contribution in [-0.2, 0) is 9.59 Å². The number of nitrogens with two attached hydrogens (primary N) is 1. The number of fused-ring (bicyclic) bond motifs is 1. The molecule has 1 saturated heterocycles. The maximum atomic E-state index is 12.2. The van der Waals surface area contributed by atoms with Gasteiger partial charge in [-0.1, -0.05) is 6.92 Å². The summed E-state index contributed by atoms with van der Waals surface area (Å²) in [5.74, 6) is 0.813. The van der Waals surface area contributed by atoms with Crippen molar-refractivity contribution in [2.45, 2.75) is 44.6 Å². The van der Waals surface area contributed by atoms with Crippen molar-refractivity contribution in [2.75, 3.05) is 6.54 Å². The highest BCUT2D eigenvalue weighted by Crippen LogP contribution is 2.51. The van der Waals surface area contributed by atoms with E-state index in [4.69, 9.17) is 5.73 Å². The molecule has 1 heterocycles. The van der Waals surface area contributed by atoms with Crippen LogP contribution in [0.25, 0.3) is 0 Å². The molecule has 0 spiro atoms. The van der Waals surface area contributed by atoms with Crippen LogP contribution < -0.4 is 5.73 Å². The highest BCUT2D eigenvalue weighted by Gasteiger charge is 2.63. The molecular weight excluding hydrogens is 216 g/mol. The minimum atomic E-state index is -0.353. The van der Waals surface area contributed by atoms with Crippen molar-refractivity contribution in [1.82, 2.24) is 4.90 Å². The Morgan fingerprint density at radius 1 is 1.24 bits per heavy atom. The van der Waals surface area contributed by atoms with Crippen LogP contribution in [0.2, 0.25) is 0 Å². The monoisotopic (exact) mass is 236 g/mol. The topological polar surface area (TPSA) is 63.4 Å². The van der Waals surface area contributed by atoms with E-state index in [1.54, 1.807) is 4.90 Å². The molecule has 2 aliphatic carbocycles. The van der Waals surface area contributed by atoms with E-state index >= 15 is 0 Å². The summed E-state index contributed by atoms with van der Waals surface area (Å²) in [5, 5.41) is 0. The van der Waals surface area contributed by atoms with Gasteiger partial charge in [-0.05, 0) is 38.0 Å². The molecule has 2 saturated carbocycles. The highest BCUT2D eigenvalue weighted by molar-refractivity contribution is 6.09. The zero-order valence-electron chi connectivity index (χ0n) is 10.3. The summed E-state index contributed by atoms with van der Waals surface area (Å²) in [6.45, 7) is 2.65. The molecule has 1 aliphatic heterocycles. The molecule has 0 aromatic heterocycles. The number of imide groups is 1.